The van der Waals surface area contributed by atoms with E-state index in [0.717, 1.165) is 24.8 Å². The number of esters is 1. The first-order chi connectivity index (χ1) is 14.1. The molecule has 3 aromatic rings. The minimum absolute atomic E-state index is 0.123. The topological polar surface area (TPSA) is 26.3 Å². The van der Waals surface area contributed by atoms with E-state index in [2.05, 4.69) is 108 Å². The molecule has 1 fully saturated rings. The highest BCUT2D eigenvalue weighted by Gasteiger charge is 2.43. The molecular weight excluding hydrogens is 491 g/mol. The van der Waals surface area contributed by atoms with Crippen molar-refractivity contribution in [3.8, 4) is 0 Å². The minimum atomic E-state index is -0.437. The molecule has 2 nitrogen and oxygen atoms in total. The SMILES string of the molecule is CC(I)C(=O)OC1(c2ccc([S+](c3ccccc3)c3ccccc3)cc2)CCC1. The average molecular weight is 515 g/mol. The summed E-state index contributed by atoms with van der Waals surface area (Å²) in [4.78, 5) is 16.1. The Labute approximate surface area is 189 Å². The monoisotopic (exact) mass is 515 g/mol. The predicted octanol–water partition coefficient (Wildman–Crippen LogP) is 6.53. The van der Waals surface area contributed by atoms with Gasteiger partial charge in [0, 0.05) is 0 Å². The number of carbonyl (C=O) groups excluding carboxylic acids is 1. The molecule has 0 aromatic heterocycles. The molecule has 0 amide bonds. The zero-order chi connectivity index (χ0) is 20.3. The predicted molar refractivity (Wildman–Crippen MR) is 127 cm³/mol. The van der Waals surface area contributed by atoms with Crippen LogP contribution in [0.15, 0.2) is 99.6 Å². The quantitative estimate of drug-likeness (QED) is 0.162. The Hall–Kier alpha value is -1.79. The maximum atomic E-state index is 12.2. The minimum Gasteiger partial charge on any atom is -0.453 e. The van der Waals surface area contributed by atoms with Crippen LogP contribution in [-0.2, 0) is 26.0 Å². The van der Waals surface area contributed by atoms with Gasteiger partial charge >= 0.3 is 5.97 Å². The van der Waals surface area contributed by atoms with Crippen LogP contribution in [0.5, 0.6) is 0 Å². The molecule has 0 bridgehead atoms. The second kappa shape index (κ2) is 8.92. The highest BCUT2D eigenvalue weighted by Crippen LogP contribution is 2.46. The molecule has 0 aliphatic heterocycles. The van der Waals surface area contributed by atoms with Gasteiger partial charge in [0.25, 0.3) is 0 Å². The van der Waals surface area contributed by atoms with Gasteiger partial charge in [0.2, 0.25) is 0 Å². The van der Waals surface area contributed by atoms with Crippen molar-refractivity contribution in [1.29, 1.82) is 0 Å². The van der Waals surface area contributed by atoms with Crippen LogP contribution < -0.4 is 0 Å². The summed E-state index contributed by atoms with van der Waals surface area (Å²) in [5.74, 6) is -0.123. The zero-order valence-electron chi connectivity index (χ0n) is 16.4. The van der Waals surface area contributed by atoms with E-state index in [1.807, 2.05) is 6.92 Å². The number of benzene rings is 3. The second-order valence-corrected chi connectivity index (χ2v) is 11.2. The summed E-state index contributed by atoms with van der Waals surface area (Å²) in [7, 11) is -0.161. The van der Waals surface area contributed by atoms with Crippen LogP contribution in [0.2, 0.25) is 0 Å². The molecule has 0 spiro atoms. The maximum Gasteiger partial charge on any atom is 0.319 e. The smallest absolute Gasteiger partial charge is 0.319 e. The Kier molecular flexibility index (Phi) is 6.30. The van der Waals surface area contributed by atoms with Crippen molar-refractivity contribution >= 4 is 39.5 Å². The Balaban J connectivity index is 1.67. The van der Waals surface area contributed by atoms with Crippen molar-refractivity contribution < 1.29 is 9.53 Å². The molecule has 0 heterocycles. The van der Waals surface area contributed by atoms with Crippen molar-refractivity contribution in [2.75, 3.05) is 0 Å². The Bertz CT molecular complexity index is 912. The van der Waals surface area contributed by atoms with Gasteiger partial charge in [0.05, 0.1) is 10.9 Å². The number of hydrogen-bond acceptors (Lipinski definition) is 2. The van der Waals surface area contributed by atoms with Gasteiger partial charge in [-0.2, -0.15) is 0 Å². The fourth-order valence-corrected chi connectivity index (χ4v) is 5.85. The molecule has 0 N–H and O–H groups in total. The number of alkyl halides is 1. The Morgan fingerprint density at radius 1 is 0.862 bits per heavy atom. The van der Waals surface area contributed by atoms with E-state index in [-0.39, 0.29) is 20.8 Å². The molecule has 0 saturated heterocycles. The summed E-state index contributed by atoms with van der Waals surface area (Å²) >= 11 is 2.12. The third-order valence-electron chi connectivity index (χ3n) is 5.36. The van der Waals surface area contributed by atoms with Gasteiger partial charge in [-0.25, -0.2) is 0 Å². The molecule has 148 valence electrons. The molecule has 1 saturated carbocycles. The van der Waals surface area contributed by atoms with Gasteiger partial charge in [-0.15, -0.1) is 0 Å². The van der Waals surface area contributed by atoms with Gasteiger partial charge in [-0.05, 0) is 68.1 Å². The fourth-order valence-electron chi connectivity index (χ4n) is 3.64. The molecule has 3 aromatic carbocycles. The highest BCUT2D eigenvalue weighted by molar-refractivity contribution is 14.1. The standard InChI is InChI=1S/C25H24IO2S/c1-19(26)24(27)28-25(17-8-18-25)20-13-15-23(16-14-20)29(21-9-4-2-5-10-21)22-11-6-3-7-12-22/h2-7,9-16,19H,8,17-18H2,1H3/q+1. The van der Waals surface area contributed by atoms with E-state index < -0.39 is 5.60 Å². The number of hydrogen-bond donors (Lipinski definition) is 0. The summed E-state index contributed by atoms with van der Waals surface area (Å²) in [5, 5.41) is 0. The zero-order valence-corrected chi connectivity index (χ0v) is 19.4. The van der Waals surface area contributed by atoms with Crippen molar-refractivity contribution in [1.82, 2.24) is 0 Å². The lowest BCUT2D eigenvalue weighted by Gasteiger charge is -2.41. The molecule has 29 heavy (non-hydrogen) atoms. The second-order valence-electron chi connectivity index (χ2n) is 7.34. The van der Waals surface area contributed by atoms with Gasteiger partial charge in [-0.1, -0.05) is 71.1 Å². The maximum absolute atomic E-state index is 12.2. The van der Waals surface area contributed by atoms with E-state index in [0.29, 0.717) is 0 Å². The summed E-state index contributed by atoms with van der Waals surface area (Å²) in [6, 6.07) is 30.0. The number of rotatable bonds is 6. The number of ether oxygens (including phenoxy) is 1. The third kappa shape index (κ3) is 4.38. The number of carbonyl (C=O) groups is 1. The van der Waals surface area contributed by atoms with Gasteiger partial charge in [0.15, 0.2) is 14.7 Å². The first-order valence-electron chi connectivity index (χ1n) is 9.91. The highest BCUT2D eigenvalue weighted by atomic mass is 127. The van der Waals surface area contributed by atoms with Crippen LogP contribution >= 0.6 is 22.6 Å². The molecule has 1 aliphatic rings. The van der Waals surface area contributed by atoms with Crippen LogP contribution in [-0.4, -0.2) is 9.89 Å². The largest absolute Gasteiger partial charge is 0.453 e. The van der Waals surface area contributed by atoms with Crippen molar-refractivity contribution in [3.63, 3.8) is 0 Å². The van der Waals surface area contributed by atoms with E-state index >= 15 is 0 Å². The molecule has 1 unspecified atom stereocenters. The lowest BCUT2D eigenvalue weighted by Crippen LogP contribution is -2.40. The molecule has 4 rings (SSSR count). The van der Waals surface area contributed by atoms with E-state index in [9.17, 15) is 4.79 Å². The fraction of sp³-hybridized carbons (Fsp3) is 0.240. The van der Waals surface area contributed by atoms with Crippen molar-refractivity contribution in [2.24, 2.45) is 0 Å². The lowest BCUT2D eigenvalue weighted by atomic mass is 9.75. The van der Waals surface area contributed by atoms with E-state index in [4.69, 9.17) is 4.74 Å². The van der Waals surface area contributed by atoms with E-state index in [1.54, 1.807) is 0 Å². The summed E-state index contributed by atoms with van der Waals surface area (Å²) in [6.45, 7) is 1.88. The van der Waals surface area contributed by atoms with Crippen LogP contribution in [0.4, 0.5) is 0 Å². The molecule has 4 heteroatoms. The molecule has 1 aliphatic carbocycles. The van der Waals surface area contributed by atoms with Gasteiger partial charge in [0.1, 0.15) is 9.53 Å². The molecule has 0 radical (unpaired) electrons. The average Bonchev–Trinajstić information content (AvgIpc) is 2.73. The van der Waals surface area contributed by atoms with Crippen LogP contribution in [0, 0.1) is 0 Å². The normalized spacial score (nSPS) is 16.1. The van der Waals surface area contributed by atoms with Crippen molar-refractivity contribution in [2.45, 2.75) is 50.4 Å². The molecular formula is C25H24IO2S+. The van der Waals surface area contributed by atoms with Gasteiger partial charge in [-0.3, -0.25) is 4.79 Å². The summed E-state index contributed by atoms with van der Waals surface area (Å²) < 4.78 is 5.81. The van der Waals surface area contributed by atoms with Crippen LogP contribution in [0.3, 0.4) is 0 Å². The molecule has 1 atom stereocenters. The summed E-state index contributed by atoms with van der Waals surface area (Å²) in [6.07, 6.45) is 2.91. The Morgan fingerprint density at radius 3 is 1.76 bits per heavy atom. The Morgan fingerprint density at radius 2 is 1.34 bits per heavy atom. The number of halogens is 1. The first-order valence-corrected chi connectivity index (χ1v) is 12.4. The lowest BCUT2D eigenvalue weighted by molar-refractivity contribution is -0.170. The van der Waals surface area contributed by atoms with Gasteiger partial charge < -0.3 is 4.74 Å². The van der Waals surface area contributed by atoms with Crippen molar-refractivity contribution in [3.05, 3.63) is 90.5 Å². The third-order valence-corrected chi connectivity index (χ3v) is 8.10. The van der Waals surface area contributed by atoms with Crippen LogP contribution in [0.1, 0.15) is 31.7 Å². The first kappa shape index (κ1) is 20.5. The van der Waals surface area contributed by atoms with Crippen LogP contribution in [0.25, 0.3) is 0 Å². The summed E-state index contributed by atoms with van der Waals surface area (Å²) in [5.41, 5.74) is 0.676. The van der Waals surface area contributed by atoms with E-state index in [1.165, 1.54) is 14.7 Å².